The summed E-state index contributed by atoms with van der Waals surface area (Å²) < 4.78 is 46.7. The first-order chi connectivity index (χ1) is 11.8. The second kappa shape index (κ2) is 6.26. The van der Waals surface area contributed by atoms with Crippen LogP contribution in [0, 0.1) is 6.92 Å². The summed E-state index contributed by atoms with van der Waals surface area (Å²) in [7, 11) is 0. The predicted octanol–water partition coefficient (Wildman–Crippen LogP) is 2.36. The number of aromatic nitrogens is 5. The first-order valence-corrected chi connectivity index (χ1v) is 6.71. The van der Waals surface area contributed by atoms with E-state index in [9.17, 15) is 18.0 Å². The van der Waals surface area contributed by atoms with Crippen LogP contribution in [0.15, 0.2) is 35.1 Å². The number of hydrogen-bond acceptors (Lipinski definition) is 8. The zero-order chi connectivity index (χ0) is 18.0. The van der Waals surface area contributed by atoms with Gasteiger partial charge in [-0.3, -0.25) is 4.98 Å². The van der Waals surface area contributed by atoms with Gasteiger partial charge < -0.3 is 9.15 Å². The number of halogens is 3. The van der Waals surface area contributed by atoms with Gasteiger partial charge in [0.25, 0.3) is 11.8 Å². The highest BCUT2D eigenvalue weighted by Crippen LogP contribution is 2.30. The fraction of sp³-hybridized carbons (Fsp3) is 0.143. The third-order valence-corrected chi connectivity index (χ3v) is 2.85. The van der Waals surface area contributed by atoms with Crippen molar-refractivity contribution in [2.24, 2.45) is 0 Å². The van der Waals surface area contributed by atoms with Crippen molar-refractivity contribution in [2.75, 3.05) is 0 Å². The Hall–Kier alpha value is -3.37. The van der Waals surface area contributed by atoms with E-state index < -0.39 is 18.0 Å². The van der Waals surface area contributed by atoms with Gasteiger partial charge in [-0.05, 0) is 19.1 Å². The van der Waals surface area contributed by atoms with E-state index in [4.69, 9.17) is 4.42 Å². The van der Waals surface area contributed by atoms with Gasteiger partial charge in [0.2, 0.25) is 5.88 Å². The summed E-state index contributed by atoms with van der Waals surface area (Å²) in [6.07, 6.45) is -1.11. The molecule has 11 heteroatoms. The maximum Gasteiger partial charge on any atom is 0.491 e. The van der Waals surface area contributed by atoms with E-state index in [0.717, 1.165) is 6.20 Å². The molecule has 0 bridgehead atoms. The van der Waals surface area contributed by atoms with Crippen molar-refractivity contribution >= 4 is 5.97 Å². The van der Waals surface area contributed by atoms with E-state index >= 15 is 0 Å². The van der Waals surface area contributed by atoms with Crippen LogP contribution in [-0.4, -0.2) is 37.3 Å². The molecular weight excluding hydrogens is 343 g/mol. The number of carbonyl (C=O) groups is 1. The Balaban J connectivity index is 1.93. The van der Waals surface area contributed by atoms with Crippen LogP contribution in [-0.2, 0) is 4.79 Å². The van der Waals surface area contributed by atoms with Crippen molar-refractivity contribution in [3.63, 3.8) is 0 Å². The van der Waals surface area contributed by atoms with Gasteiger partial charge >= 0.3 is 12.1 Å². The van der Waals surface area contributed by atoms with Crippen LogP contribution in [0.1, 0.15) is 5.69 Å². The monoisotopic (exact) mass is 351 g/mol. The smallest absolute Gasteiger partial charge is 0.414 e. The molecule has 0 aliphatic rings. The minimum atomic E-state index is -5.16. The normalized spacial score (nSPS) is 11.4. The third kappa shape index (κ3) is 3.59. The van der Waals surface area contributed by atoms with E-state index in [2.05, 4.69) is 29.9 Å². The molecule has 0 unspecified atom stereocenters. The van der Waals surface area contributed by atoms with Crippen LogP contribution in [0.2, 0.25) is 0 Å². The lowest BCUT2D eigenvalue weighted by Gasteiger charge is -2.07. The Morgan fingerprint density at radius 2 is 1.88 bits per heavy atom. The van der Waals surface area contributed by atoms with Crippen molar-refractivity contribution in [2.45, 2.75) is 13.1 Å². The molecule has 0 aromatic carbocycles. The largest absolute Gasteiger partial charge is 0.491 e. The fourth-order valence-electron chi connectivity index (χ4n) is 1.72. The van der Waals surface area contributed by atoms with Crippen LogP contribution >= 0.6 is 0 Å². The van der Waals surface area contributed by atoms with Crippen LogP contribution in [0.5, 0.6) is 5.88 Å². The van der Waals surface area contributed by atoms with Crippen molar-refractivity contribution in [3.05, 3.63) is 36.4 Å². The minimum Gasteiger partial charge on any atom is -0.414 e. The number of aryl methyl sites for hydroxylation is 1. The average Bonchev–Trinajstić information content (AvgIpc) is 3.05. The Morgan fingerprint density at radius 3 is 2.56 bits per heavy atom. The summed E-state index contributed by atoms with van der Waals surface area (Å²) in [6, 6.07) is 2.74. The van der Waals surface area contributed by atoms with Gasteiger partial charge in [-0.15, -0.1) is 10.2 Å². The molecule has 0 aliphatic heterocycles. The highest BCUT2D eigenvalue weighted by Gasteiger charge is 2.42. The topological polar surface area (TPSA) is 104 Å². The molecule has 0 saturated heterocycles. The van der Waals surface area contributed by atoms with Crippen molar-refractivity contribution < 1.29 is 27.1 Å². The molecule has 3 aromatic heterocycles. The van der Waals surface area contributed by atoms with E-state index in [-0.39, 0.29) is 23.0 Å². The Labute approximate surface area is 137 Å². The number of ether oxygens (including phenoxy) is 1. The van der Waals surface area contributed by atoms with Gasteiger partial charge in [-0.25, -0.2) is 14.8 Å². The molecule has 0 radical (unpaired) electrons. The molecule has 0 aliphatic carbocycles. The molecule has 0 saturated carbocycles. The Morgan fingerprint density at radius 1 is 1.12 bits per heavy atom. The number of hydrogen-bond donors (Lipinski definition) is 0. The molecule has 0 spiro atoms. The number of nitrogens with zero attached hydrogens (tertiary/aromatic N) is 5. The molecule has 3 rings (SSSR count). The molecule has 3 aromatic rings. The lowest BCUT2D eigenvalue weighted by Crippen LogP contribution is -2.28. The lowest BCUT2D eigenvalue weighted by molar-refractivity contribution is -0.189. The second-order valence-corrected chi connectivity index (χ2v) is 4.70. The highest BCUT2D eigenvalue weighted by molar-refractivity contribution is 5.79. The first kappa shape index (κ1) is 16.5. The summed E-state index contributed by atoms with van der Waals surface area (Å²) in [5.41, 5.74) is 0.887. The van der Waals surface area contributed by atoms with E-state index in [1.807, 2.05) is 0 Å². The van der Waals surface area contributed by atoms with Gasteiger partial charge in [0.1, 0.15) is 11.3 Å². The van der Waals surface area contributed by atoms with Gasteiger partial charge in [0.05, 0.1) is 11.9 Å². The number of rotatable bonds is 3. The molecule has 0 fully saturated rings. The zero-order valence-electron chi connectivity index (χ0n) is 12.5. The summed E-state index contributed by atoms with van der Waals surface area (Å²) >= 11 is 0. The van der Waals surface area contributed by atoms with Crippen molar-refractivity contribution in [1.29, 1.82) is 0 Å². The minimum absolute atomic E-state index is 0.000508. The average molecular weight is 351 g/mol. The van der Waals surface area contributed by atoms with Crippen molar-refractivity contribution in [1.82, 2.24) is 25.1 Å². The lowest BCUT2D eigenvalue weighted by atomic mass is 10.3. The number of carbonyl (C=O) groups excluding carboxylic acids is 1. The van der Waals surface area contributed by atoms with Crippen LogP contribution < -0.4 is 4.74 Å². The van der Waals surface area contributed by atoms with E-state index in [1.165, 1.54) is 24.5 Å². The maximum atomic E-state index is 12.4. The number of pyridine rings is 1. The Kier molecular flexibility index (Phi) is 4.13. The van der Waals surface area contributed by atoms with Gasteiger partial charge in [0, 0.05) is 12.4 Å². The molecule has 3 heterocycles. The molecule has 0 N–H and O–H groups in total. The van der Waals surface area contributed by atoms with E-state index in [0.29, 0.717) is 5.69 Å². The molecule has 25 heavy (non-hydrogen) atoms. The summed E-state index contributed by atoms with van der Waals surface area (Å²) in [5, 5.41) is 7.47. The van der Waals surface area contributed by atoms with Crippen LogP contribution in [0.3, 0.4) is 0 Å². The van der Waals surface area contributed by atoms with Gasteiger partial charge in [-0.1, -0.05) is 0 Å². The second-order valence-electron chi connectivity index (χ2n) is 4.70. The van der Waals surface area contributed by atoms with Crippen LogP contribution in [0.25, 0.3) is 23.0 Å². The summed E-state index contributed by atoms with van der Waals surface area (Å²) in [5.74, 6) is -3.19. The Bertz CT molecular complexity index is 909. The number of alkyl halides is 3. The van der Waals surface area contributed by atoms with Crippen LogP contribution in [0.4, 0.5) is 13.2 Å². The van der Waals surface area contributed by atoms with E-state index in [1.54, 1.807) is 6.92 Å². The maximum absolute atomic E-state index is 12.4. The zero-order valence-corrected chi connectivity index (χ0v) is 12.5. The predicted molar refractivity (Wildman–Crippen MR) is 75.0 cm³/mol. The molecular formula is C14H8F3N5O3. The molecule has 0 amide bonds. The standard InChI is InChI=1S/C14H8F3N5O3/c1-7-5-20-9(6-19-7)12-22-21-11(24-12)8-3-2-4-18-10(8)25-13(23)14(15,16)17/h2-6H,1H3. The highest BCUT2D eigenvalue weighted by atomic mass is 19.4. The quantitative estimate of drug-likeness (QED) is 0.663. The fourth-order valence-corrected chi connectivity index (χ4v) is 1.72. The van der Waals surface area contributed by atoms with Gasteiger partial charge in [0.15, 0.2) is 0 Å². The summed E-state index contributed by atoms with van der Waals surface area (Å²) in [4.78, 5) is 22.7. The molecule has 8 nitrogen and oxygen atoms in total. The van der Waals surface area contributed by atoms with Crippen molar-refractivity contribution in [3.8, 4) is 28.9 Å². The van der Waals surface area contributed by atoms with Gasteiger partial charge in [-0.2, -0.15) is 13.2 Å². The number of esters is 1. The first-order valence-electron chi connectivity index (χ1n) is 6.71. The third-order valence-electron chi connectivity index (χ3n) is 2.85. The SMILES string of the molecule is Cc1cnc(-c2nnc(-c3cccnc3OC(=O)C(F)(F)F)o2)cn1. The molecule has 128 valence electrons. The molecule has 0 atom stereocenters. The summed E-state index contributed by atoms with van der Waals surface area (Å²) in [6.45, 7) is 1.74.